The Morgan fingerprint density at radius 2 is 2.05 bits per heavy atom. The van der Waals surface area contributed by atoms with E-state index in [1.54, 1.807) is 0 Å². The molecule has 1 amide bonds. The largest absolute Gasteiger partial charge is 0.324 e. The zero-order valence-corrected chi connectivity index (χ0v) is 10.6. The number of nitrogens with zero attached hydrogens (tertiary/aromatic N) is 1. The van der Waals surface area contributed by atoms with Crippen molar-refractivity contribution >= 4 is 11.6 Å². The summed E-state index contributed by atoms with van der Waals surface area (Å²) in [5, 5.41) is 5.68. The third kappa shape index (κ3) is 4.25. The summed E-state index contributed by atoms with van der Waals surface area (Å²) in [7, 11) is 0. The Bertz CT molecular complexity index is 448. The van der Waals surface area contributed by atoms with Crippen molar-refractivity contribution in [3.8, 4) is 0 Å². The number of benzene rings is 1. The highest BCUT2D eigenvalue weighted by atomic mass is 19.1. The minimum Gasteiger partial charge on any atom is -0.324 e. The van der Waals surface area contributed by atoms with Crippen LogP contribution in [0.25, 0.3) is 0 Å². The third-order valence-corrected chi connectivity index (χ3v) is 3.07. The average Bonchev–Trinajstić information content (AvgIpc) is 2.41. The van der Waals surface area contributed by atoms with Crippen molar-refractivity contribution in [3.05, 3.63) is 29.8 Å². The molecule has 1 aromatic rings. The van der Waals surface area contributed by atoms with E-state index in [1.807, 2.05) is 0 Å². The highest BCUT2D eigenvalue weighted by Crippen LogP contribution is 2.15. The normalized spacial score (nSPS) is 16.3. The summed E-state index contributed by atoms with van der Waals surface area (Å²) in [5.74, 6) is -1.67. The molecule has 0 atom stereocenters. The first kappa shape index (κ1) is 13.9. The Morgan fingerprint density at radius 3 is 2.74 bits per heavy atom. The smallest absolute Gasteiger partial charge is 0.225 e. The van der Waals surface area contributed by atoms with Crippen LogP contribution >= 0.6 is 0 Å². The molecule has 0 bridgehead atoms. The van der Waals surface area contributed by atoms with E-state index in [0.717, 1.165) is 38.3 Å². The highest BCUT2D eigenvalue weighted by Gasteiger charge is 2.12. The SMILES string of the molecule is O=C(CCN1CCNCC1)Nc1ccc(F)cc1F. The van der Waals surface area contributed by atoms with Crippen molar-refractivity contribution in [2.24, 2.45) is 0 Å². The molecule has 0 aliphatic carbocycles. The summed E-state index contributed by atoms with van der Waals surface area (Å²) in [6.07, 6.45) is 0.302. The van der Waals surface area contributed by atoms with Gasteiger partial charge in [0.15, 0.2) is 0 Å². The summed E-state index contributed by atoms with van der Waals surface area (Å²) in [6.45, 7) is 4.33. The first-order chi connectivity index (χ1) is 9.15. The van der Waals surface area contributed by atoms with Gasteiger partial charge < -0.3 is 15.5 Å². The lowest BCUT2D eigenvalue weighted by Crippen LogP contribution is -2.44. The molecule has 0 radical (unpaired) electrons. The molecule has 1 fully saturated rings. The number of carbonyl (C=O) groups is 1. The summed E-state index contributed by atoms with van der Waals surface area (Å²) in [6, 6.07) is 3.11. The first-order valence-electron chi connectivity index (χ1n) is 6.33. The maximum absolute atomic E-state index is 13.3. The standard InChI is InChI=1S/C13H17F2N3O/c14-10-1-2-12(11(15)9-10)17-13(19)3-6-18-7-4-16-5-8-18/h1-2,9,16H,3-8H2,(H,17,19). The van der Waals surface area contributed by atoms with Crippen molar-refractivity contribution in [1.82, 2.24) is 10.2 Å². The molecule has 2 N–H and O–H groups in total. The van der Waals surface area contributed by atoms with Crippen LogP contribution in [0.2, 0.25) is 0 Å². The van der Waals surface area contributed by atoms with Crippen LogP contribution in [-0.4, -0.2) is 43.5 Å². The van der Waals surface area contributed by atoms with Crippen LogP contribution in [0.15, 0.2) is 18.2 Å². The molecule has 2 rings (SSSR count). The molecule has 0 spiro atoms. The van der Waals surface area contributed by atoms with E-state index >= 15 is 0 Å². The van der Waals surface area contributed by atoms with Crippen LogP contribution in [0.1, 0.15) is 6.42 Å². The van der Waals surface area contributed by atoms with Gasteiger partial charge in [-0.1, -0.05) is 0 Å². The third-order valence-electron chi connectivity index (χ3n) is 3.07. The Balaban J connectivity index is 1.80. The van der Waals surface area contributed by atoms with E-state index in [2.05, 4.69) is 15.5 Å². The summed E-state index contributed by atoms with van der Waals surface area (Å²) >= 11 is 0. The lowest BCUT2D eigenvalue weighted by atomic mass is 10.2. The summed E-state index contributed by atoms with van der Waals surface area (Å²) < 4.78 is 26.0. The topological polar surface area (TPSA) is 44.4 Å². The van der Waals surface area contributed by atoms with Gasteiger partial charge >= 0.3 is 0 Å². The Morgan fingerprint density at radius 1 is 1.32 bits per heavy atom. The predicted molar refractivity (Wildman–Crippen MR) is 68.9 cm³/mol. The number of piperazine rings is 1. The number of halogens is 2. The van der Waals surface area contributed by atoms with Gasteiger partial charge in [0.25, 0.3) is 0 Å². The predicted octanol–water partition coefficient (Wildman–Crippen LogP) is 1.20. The van der Waals surface area contributed by atoms with Crippen LogP contribution in [0.5, 0.6) is 0 Å². The Labute approximate surface area is 110 Å². The fourth-order valence-electron chi connectivity index (χ4n) is 2.00. The van der Waals surface area contributed by atoms with Crippen molar-refractivity contribution < 1.29 is 13.6 Å². The summed E-state index contributed by atoms with van der Waals surface area (Å²) in [4.78, 5) is 13.9. The zero-order chi connectivity index (χ0) is 13.7. The van der Waals surface area contributed by atoms with E-state index in [4.69, 9.17) is 0 Å². The second-order valence-electron chi connectivity index (χ2n) is 4.51. The van der Waals surface area contributed by atoms with Crippen LogP contribution in [0.4, 0.5) is 14.5 Å². The van der Waals surface area contributed by atoms with Gasteiger partial charge in [0, 0.05) is 45.2 Å². The summed E-state index contributed by atoms with van der Waals surface area (Å²) in [5.41, 5.74) is 0.0201. The molecule has 1 aromatic carbocycles. The van der Waals surface area contributed by atoms with Crippen LogP contribution < -0.4 is 10.6 Å². The number of hydrogen-bond acceptors (Lipinski definition) is 3. The molecular weight excluding hydrogens is 252 g/mol. The number of anilines is 1. The number of rotatable bonds is 4. The first-order valence-corrected chi connectivity index (χ1v) is 6.33. The second kappa shape index (κ2) is 6.58. The lowest BCUT2D eigenvalue weighted by Gasteiger charge is -2.26. The number of carbonyl (C=O) groups excluding carboxylic acids is 1. The monoisotopic (exact) mass is 269 g/mol. The average molecular weight is 269 g/mol. The Kier molecular flexibility index (Phi) is 4.81. The minimum atomic E-state index is -0.754. The molecule has 19 heavy (non-hydrogen) atoms. The van der Waals surface area contributed by atoms with E-state index in [-0.39, 0.29) is 11.6 Å². The van der Waals surface area contributed by atoms with Crippen LogP contribution in [0, 0.1) is 11.6 Å². The van der Waals surface area contributed by atoms with Gasteiger partial charge in [0.05, 0.1) is 5.69 Å². The molecule has 1 aliphatic rings. The molecule has 104 valence electrons. The molecule has 4 nitrogen and oxygen atoms in total. The van der Waals surface area contributed by atoms with Crippen molar-refractivity contribution in [1.29, 1.82) is 0 Å². The van der Waals surface area contributed by atoms with Crippen molar-refractivity contribution in [2.45, 2.75) is 6.42 Å². The van der Waals surface area contributed by atoms with E-state index < -0.39 is 11.6 Å². The Hall–Kier alpha value is -1.53. The molecule has 0 unspecified atom stereocenters. The number of nitrogens with one attached hydrogen (secondary N) is 2. The van der Waals surface area contributed by atoms with E-state index in [9.17, 15) is 13.6 Å². The van der Waals surface area contributed by atoms with Gasteiger partial charge in [0.1, 0.15) is 11.6 Å². The zero-order valence-electron chi connectivity index (χ0n) is 10.6. The van der Waals surface area contributed by atoms with Gasteiger partial charge in [-0.05, 0) is 12.1 Å². The van der Waals surface area contributed by atoms with Crippen molar-refractivity contribution in [3.63, 3.8) is 0 Å². The number of amides is 1. The fraction of sp³-hybridized carbons (Fsp3) is 0.462. The second-order valence-corrected chi connectivity index (χ2v) is 4.51. The van der Waals surface area contributed by atoms with Gasteiger partial charge in [0.2, 0.25) is 5.91 Å². The van der Waals surface area contributed by atoms with Gasteiger partial charge in [-0.15, -0.1) is 0 Å². The van der Waals surface area contributed by atoms with Crippen LogP contribution in [0.3, 0.4) is 0 Å². The maximum atomic E-state index is 13.3. The van der Waals surface area contributed by atoms with Gasteiger partial charge in [-0.25, -0.2) is 8.78 Å². The van der Waals surface area contributed by atoms with Crippen LogP contribution in [-0.2, 0) is 4.79 Å². The lowest BCUT2D eigenvalue weighted by molar-refractivity contribution is -0.116. The molecule has 1 saturated heterocycles. The molecule has 0 saturated carbocycles. The quantitative estimate of drug-likeness (QED) is 0.863. The van der Waals surface area contributed by atoms with Crippen molar-refractivity contribution in [2.75, 3.05) is 38.0 Å². The maximum Gasteiger partial charge on any atom is 0.225 e. The van der Waals surface area contributed by atoms with E-state index in [1.165, 1.54) is 6.07 Å². The molecule has 6 heteroatoms. The highest BCUT2D eigenvalue weighted by molar-refractivity contribution is 5.90. The molecule has 0 aromatic heterocycles. The number of hydrogen-bond donors (Lipinski definition) is 2. The fourth-order valence-corrected chi connectivity index (χ4v) is 2.00. The van der Waals surface area contributed by atoms with E-state index in [0.29, 0.717) is 13.0 Å². The molecular formula is C13H17F2N3O. The van der Waals surface area contributed by atoms with Gasteiger partial charge in [-0.2, -0.15) is 0 Å². The molecule has 1 aliphatic heterocycles. The van der Waals surface area contributed by atoms with Gasteiger partial charge in [-0.3, -0.25) is 4.79 Å². The molecule has 1 heterocycles. The minimum absolute atomic E-state index is 0.0201.